The molecular formula is C14H20FNO. The topological polar surface area (TPSA) is 32.3 Å². The Kier molecular flexibility index (Phi) is 3.50. The number of aryl methyl sites for hydroxylation is 1. The summed E-state index contributed by atoms with van der Waals surface area (Å²) in [5, 5.41) is 14.1. The van der Waals surface area contributed by atoms with Gasteiger partial charge in [0.15, 0.2) is 0 Å². The Bertz CT molecular complexity index is 407. The summed E-state index contributed by atoms with van der Waals surface area (Å²) in [6, 6.07) is 4.98. The number of hydrogen-bond acceptors (Lipinski definition) is 2. The van der Waals surface area contributed by atoms with E-state index >= 15 is 0 Å². The molecule has 1 aliphatic rings. The van der Waals surface area contributed by atoms with Crippen LogP contribution in [0.25, 0.3) is 0 Å². The van der Waals surface area contributed by atoms with E-state index in [2.05, 4.69) is 5.32 Å². The van der Waals surface area contributed by atoms with E-state index < -0.39 is 5.60 Å². The fourth-order valence-electron chi connectivity index (χ4n) is 2.74. The minimum atomic E-state index is -1.02. The van der Waals surface area contributed by atoms with Gasteiger partial charge in [-0.3, -0.25) is 0 Å². The summed E-state index contributed by atoms with van der Waals surface area (Å²) < 4.78 is 13.9. The van der Waals surface area contributed by atoms with E-state index in [1.54, 1.807) is 12.1 Å². The molecule has 0 aliphatic carbocycles. The van der Waals surface area contributed by atoms with Crippen LogP contribution in [-0.2, 0) is 5.60 Å². The van der Waals surface area contributed by atoms with E-state index in [-0.39, 0.29) is 11.7 Å². The highest BCUT2D eigenvalue weighted by Crippen LogP contribution is 2.38. The molecule has 1 saturated heterocycles. The molecule has 2 N–H and O–H groups in total. The maximum absolute atomic E-state index is 13.9. The standard InChI is InChI=1S/C14H20FNO/c1-3-11-9-16-7-6-14(11,17)12-8-10(2)4-5-13(12)15/h4-5,8,11,16-17H,3,6-7,9H2,1-2H3. The monoisotopic (exact) mass is 237 g/mol. The van der Waals surface area contributed by atoms with Crippen molar-refractivity contribution < 1.29 is 9.50 Å². The molecule has 2 nitrogen and oxygen atoms in total. The Balaban J connectivity index is 2.44. The Morgan fingerprint density at radius 3 is 3.00 bits per heavy atom. The van der Waals surface area contributed by atoms with E-state index in [4.69, 9.17) is 0 Å². The van der Waals surface area contributed by atoms with Gasteiger partial charge in [-0.05, 0) is 32.4 Å². The first-order chi connectivity index (χ1) is 8.08. The molecule has 94 valence electrons. The van der Waals surface area contributed by atoms with Crippen LogP contribution < -0.4 is 5.32 Å². The minimum absolute atomic E-state index is 0.0764. The first-order valence-electron chi connectivity index (χ1n) is 6.27. The van der Waals surface area contributed by atoms with Gasteiger partial charge in [0, 0.05) is 18.0 Å². The Hall–Kier alpha value is -0.930. The summed E-state index contributed by atoms with van der Waals surface area (Å²) in [6.07, 6.45) is 1.42. The van der Waals surface area contributed by atoms with Crippen LogP contribution in [0.4, 0.5) is 4.39 Å². The van der Waals surface area contributed by atoms with Crippen molar-refractivity contribution in [2.45, 2.75) is 32.3 Å². The fourth-order valence-corrected chi connectivity index (χ4v) is 2.74. The first kappa shape index (κ1) is 12.5. The SMILES string of the molecule is CCC1CNCCC1(O)c1cc(C)ccc1F. The smallest absolute Gasteiger partial charge is 0.129 e. The van der Waals surface area contributed by atoms with Crippen molar-refractivity contribution in [2.24, 2.45) is 5.92 Å². The number of nitrogens with one attached hydrogen (secondary N) is 1. The summed E-state index contributed by atoms with van der Waals surface area (Å²) >= 11 is 0. The molecule has 0 spiro atoms. The normalized spacial score (nSPS) is 29.3. The van der Waals surface area contributed by atoms with Gasteiger partial charge in [-0.25, -0.2) is 4.39 Å². The van der Waals surface area contributed by atoms with Crippen LogP contribution in [-0.4, -0.2) is 18.2 Å². The number of benzene rings is 1. The lowest BCUT2D eigenvalue weighted by atomic mass is 9.75. The van der Waals surface area contributed by atoms with Gasteiger partial charge in [0.05, 0.1) is 5.60 Å². The highest BCUT2D eigenvalue weighted by Gasteiger charge is 2.41. The van der Waals surface area contributed by atoms with E-state index in [1.165, 1.54) is 6.07 Å². The lowest BCUT2D eigenvalue weighted by Gasteiger charge is -2.40. The van der Waals surface area contributed by atoms with Crippen molar-refractivity contribution in [1.29, 1.82) is 0 Å². The molecule has 0 radical (unpaired) electrons. The predicted molar refractivity (Wildman–Crippen MR) is 66.3 cm³/mol. The van der Waals surface area contributed by atoms with Crippen LogP contribution in [0.1, 0.15) is 30.9 Å². The zero-order valence-electron chi connectivity index (χ0n) is 10.5. The van der Waals surface area contributed by atoms with Crippen LogP contribution in [0.3, 0.4) is 0 Å². The predicted octanol–water partition coefficient (Wildman–Crippen LogP) is 2.34. The highest BCUT2D eigenvalue weighted by atomic mass is 19.1. The molecule has 2 rings (SSSR count). The number of aliphatic hydroxyl groups is 1. The fraction of sp³-hybridized carbons (Fsp3) is 0.571. The van der Waals surface area contributed by atoms with Crippen molar-refractivity contribution in [3.05, 3.63) is 35.1 Å². The Morgan fingerprint density at radius 2 is 2.29 bits per heavy atom. The summed E-state index contributed by atoms with van der Waals surface area (Å²) in [5.41, 5.74) is 0.435. The second-order valence-corrected chi connectivity index (χ2v) is 4.97. The van der Waals surface area contributed by atoms with Crippen LogP contribution in [0, 0.1) is 18.7 Å². The number of piperidine rings is 1. The van der Waals surface area contributed by atoms with Gasteiger partial charge in [-0.1, -0.05) is 24.6 Å². The molecule has 1 aliphatic heterocycles. The van der Waals surface area contributed by atoms with E-state index in [0.717, 1.165) is 25.1 Å². The summed E-state index contributed by atoms with van der Waals surface area (Å²) in [6.45, 7) is 5.45. The molecule has 1 aromatic rings. The summed E-state index contributed by atoms with van der Waals surface area (Å²) in [7, 11) is 0. The van der Waals surface area contributed by atoms with Gasteiger partial charge in [-0.15, -0.1) is 0 Å². The Morgan fingerprint density at radius 1 is 1.53 bits per heavy atom. The van der Waals surface area contributed by atoms with Crippen molar-refractivity contribution >= 4 is 0 Å². The molecule has 2 unspecified atom stereocenters. The molecule has 0 amide bonds. The summed E-state index contributed by atoms with van der Waals surface area (Å²) in [4.78, 5) is 0. The molecule has 0 saturated carbocycles. The van der Waals surface area contributed by atoms with Gasteiger partial charge >= 0.3 is 0 Å². The second kappa shape index (κ2) is 4.75. The second-order valence-electron chi connectivity index (χ2n) is 4.97. The molecule has 2 atom stereocenters. The van der Waals surface area contributed by atoms with Crippen molar-refractivity contribution in [3.8, 4) is 0 Å². The number of hydrogen-bond donors (Lipinski definition) is 2. The zero-order chi connectivity index (χ0) is 12.5. The van der Waals surface area contributed by atoms with Gasteiger partial charge in [0.25, 0.3) is 0 Å². The maximum atomic E-state index is 13.9. The van der Waals surface area contributed by atoms with Crippen LogP contribution in [0.2, 0.25) is 0 Å². The molecule has 0 aromatic heterocycles. The van der Waals surface area contributed by atoms with Gasteiger partial charge in [-0.2, -0.15) is 0 Å². The molecule has 0 bridgehead atoms. The van der Waals surface area contributed by atoms with Crippen molar-refractivity contribution in [2.75, 3.05) is 13.1 Å². The lowest BCUT2D eigenvalue weighted by Crippen LogP contribution is -2.48. The lowest BCUT2D eigenvalue weighted by molar-refractivity contribution is -0.0505. The minimum Gasteiger partial charge on any atom is -0.385 e. The molecule has 1 fully saturated rings. The highest BCUT2D eigenvalue weighted by molar-refractivity contribution is 5.30. The van der Waals surface area contributed by atoms with Crippen LogP contribution >= 0.6 is 0 Å². The number of rotatable bonds is 2. The molecular weight excluding hydrogens is 217 g/mol. The molecule has 1 aromatic carbocycles. The number of halogens is 1. The largest absolute Gasteiger partial charge is 0.385 e. The molecule has 1 heterocycles. The van der Waals surface area contributed by atoms with Gasteiger partial charge < -0.3 is 10.4 Å². The zero-order valence-corrected chi connectivity index (χ0v) is 10.5. The third-order valence-electron chi connectivity index (χ3n) is 3.83. The van der Waals surface area contributed by atoms with Crippen molar-refractivity contribution in [3.63, 3.8) is 0 Å². The average molecular weight is 237 g/mol. The molecule has 17 heavy (non-hydrogen) atoms. The van der Waals surface area contributed by atoms with Crippen LogP contribution in [0.15, 0.2) is 18.2 Å². The maximum Gasteiger partial charge on any atom is 0.129 e. The van der Waals surface area contributed by atoms with E-state index in [1.807, 2.05) is 13.8 Å². The van der Waals surface area contributed by atoms with Gasteiger partial charge in [0.2, 0.25) is 0 Å². The van der Waals surface area contributed by atoms with E-state index in [0.29, 0.717) is 12.0 Å². The van der Waals surface area contributed by atoms with E-state index in [9.17, 15) is 9.50 Å². The van der Waals surface area contributed by atoms with Gasteiger partial charge in [0.1, 0.15) is 5.82 Å². The Labute approximate surface area is 102 Å². The first-order valence-corrected chi connectivity index (χ1v) is 6.27. The van der Waals surface area contributed by atoms with Crippen LogP contribution in [0.5, 0.6) is 0 Å². The quantitative estimate of drug-likeness (QED) is 0.827. The third kappa shape index (κ3) is 2.22. The van der Waals surface area contributed by atoms with Crippen molar-refractivity contribution in [1.82, 2.24) is 5.32 Å². The summed E-state index contributed by atoms with van der Waals surface area (Å²) in [5.74, 6) is -0.217. The molecule has 3 heteroatoms. The third-order valence-corrected chi connectivity index (χ3v) is 3.83. The average Bonchev–Trinajstić information content (AvgIpc) is 2.33.